The number of hydrogen-bond donors (Lipinski definition) is 0. The van der Waals surface area contributed by atoms with Crippen LogP contribution in [0.4, 0.5) is 0 Å². The first-order valence-corrected chi connectivity index (χ1v) is 15.6. The number of nitrogens with zero attached hydrogens (tertiary/aromatic N) is 2. The van der Waals surface area contributed by atoms with Gasteiger partial charge in [0.2, 0.25) is 0 Å². The summed E-state index contributed by atoms with van der Waals surface area (Å²) in [5.41, 5.74) is 4.99. The molecule has 0 saturated heterocycles. The maximum absolute atomic E-state index is 5.85. The fraction of sp³-hybridized carbons (Fsp3) is 0.333. The standard InChI is InChI=1S/C30H30N2O3S3.2Li/c1-5-27(36-21-1)23-7-9-25-29-11-12-30(38-29)26-10-8-24(28-6-2-22-37-28)32(26)14-4-16-34-18-20-35-19-17-33-15-3-13-31(23)25;;/h5-12,21-22H,3-4,13-20H2;;/q-2;2*+1. The van der Waals surface area contributed by atoms with Gasteiger partial charge in [0, 0.05) is 26.3 Å². The summed E-state index contributed by atoms with van der Waals surface area (Å²) in [5, 5.41) is 4.05. The predicted octanol–water partition coefficient (Wildman–Crippen LogP) is 1.59. The van der Waals surface area contributed by atoms with E-state index in [4.69, 9.17) is 14.2 Å². The van der Waals surface area contributed by atoms with Gasteiger partial charge in [-0.25, -0.2) is 24.3 Å². The molecule has 1 aliphatic rings. The fourth-order valence-corrected chi connectivity index (χ4v) is 7.30. The molecule has 6 rings (SSSR count). The van der Waals surface area contributed by atoms with Crippen molar-refractivity contribution in [3.05, 3.63) is 71.4 Å². The van der Waals surface area contributed by atoms with Crippen molar-refractivity contribution < 1.29 is 51.9 Å². The summed E-state index contributed by atoms with van der Waals surface area (Å²) in [5.74, 6) is 0. The van der Waals surface area contributed by atoms with E-state index in [2.05, 4.69) is 69.8 Å². The van der Waals surface area contributed by atoms with Gasteiger partial charge in [-0.1, -0.05) is 12.1 Å². The minimum atomic E-state index is 0. The van der Waals surface area contributed by atoms with Gasteiger partial charge in [0.05, 0.1) is 47.6 Å². The van der Waals surface area contributed by atoms with Crippen LogP contribution in [-0.4, -0.2) is 48.8 Å². The van der Waals surface area contributed by atoms with Crippen LogP contribution in [0.15, 0.2) is 59.3 Å². The summed E-state index contributed by atoms with van der Waals surface area (Å²) in [7, 11) is 0. The van der Waals surface area contributed by atoms with Crippen LogP contribution >= 0.6 is 34.0 Å². The molecule has 0 atom stereocenters. The van der Waals surface area contributed by atoms with E-state index in [-0.39, 0.29) is 37.7 Å². The van der Waals surface area contributed by atoms with Crippen molar-refractivity contribution in [2.75, 3.05) is 39.6 Å². The van der Waals surface area contributed by atoms with Crippen LogP contribution in [-0.2, 0) is 27.3 Å². The SMILES string of the molecule is [Li+].[Li+].[c-]1csc(-c2ccc3n2CCCOCCOCCOCCCn2c(-c4c[c-]cs4)ccc2-c2ccc-3s2)c1. The van der Waals surface area contributed by atoms with Gasteiger partial charge in [-0.2, -0.15) is 0 Å². The van der Waals surface area contributed by atoms with Gasteiger partial charge >= 0.3 is 37.7 Å². The molecule has 0 saturated carbocycles. The molecule has 0 fully saturated rings. The van der Waals surface area contributed by atoms with Gasteiger partial charge in [0.15, 0.2) is 0 Å². The molecule has 0 N–H and O–H groups in total. The van der Waals surface area contributed by atoms with Gasteiger partial charge in [-0.05, 0) is 48.5 Å². The number of fused-ring (bicyclic) bond motifs is 6. The van der Waals surface area contributed by atoms with E-state index in [1.165, 1.54) is 42.3 Å². The second-order valence-corrected chi connectivity index (χ2v) is 11.9. The number of rotatable bonds is 2. The van der Waals surface area contributed by atoms with E-state index in [1.54, 1.807) is 22.7 Å². The smallest absolute Gasteiger partial charge is 0.379 e. The quantitative estimate of drug-likeness (QED) is 0.237. The molecule has 0 spiro atoms. The molecule has 5 nitrogen and oxygen atoms in total. The molecule has 0 aliphatic carbocycles. The van der Waals surface area contributed by atoms with Gasteiger partial charge in [0.25, 0.3) is 0 Å². The second kappa shape index (κ2) is 15.8. The Balaban J connectivity index is 0.00000185. The maximum atomic E-state index is 5.85. The Hall–Kier alpha value is -1.27. The third-order valence-electron chi connectivity index (χ3n) is 6.60. The number of thiophene rings is 3. The van der Waals surface area contributed by atoms with Gasteiger partial charge < -0.3 is 23.3 Å². The van der Waals surface area contributed by atoms with Crippen molar-refractivity contribution in [3.8, 4) is 42.3 Å². The summed E-state index contributed by atoms with van der Waals surface area (Å²) in [6, 6.07) is 24.2. The van der Waals surface area contributed by atoms with Crippen LogP contribution in [0, 0.1) is 12.1 Å². The van der Waals surface area contributed by atoms with Gasteiger partial charge in [0.1, 0.15) is 0 Å². The van der Waals surface area contributed by atoms with E-state index in [0.29, 0.717) is 39.6 Å². The average molecular weight is 577 g/mol. The molecule has 0 unspecified atom stereocenters. The molecule has 6 heterocycles. The molecule has 2 bridgehead atoms. The number of aromatic nitrogens is 2. The van der Waals surface area contributed by atoms with Crippen molar-refractivity contribution >= 4 is 34.0 Å². The number of ether oxygens (including phenoxy) is 3. The Morgan fingerprint density at radius 1 is 0.525 bits per heavy atom. The van der Waals surface area contributed by atoms with Crippen LogP contribution in [0.1, 0.15) is 12.8 Å². The Morgan fingerprint density at radius 3 is 1.32 bits per heavy atom. The topological polar surface area (TPSA) is 37.6 Å². The van der Waals surface area contributed by atoms with Crippen LogP contribution < -0.4 is 37.7 Å². The molecule has 1 aliphatic heterocycles. The average Bonchev–Trinajstić information content (AvgIpc) is 3.75. The van der Waals surface area contributed by atoms with E-state index < -0.39 is 0 Å². The molecule has 5 aromatic rings. The maximum Gasteiger partial charge on any atom is 1.00 e. The summed E-state index contributed by atoms with van der Waals surface area (Å²) < 4.78 is 22.3. The largest absolute Gasteiger partial charge is 1.00 e. The zero-order chi connectivity index (χ0) is 25.6. The zero-order valence-corrected chi connectivity index (χ0v) is 25.6. The molecule has 40 heavy (non-hydrogen) atoms. The van der Waals surface area contributed by atoms with Crippen molar-refractivity contribution in [2.45, 2.75) is 25.9 Å². The Labute approximate surface area is 272 Å². The van der Waals surface area contributed by atoms with Crippen molar-refractivity contribution in [1.82, 2.24) is 9.13 Å². The zero-order valence-electron chi connectivity index (χ0n) is 23.2. The normalized spacial score (nSPS) is 15.3. The first-order chi connectivity index (χ1) is 18.9. The molecule has 0 amide bonds. The summed E-state index contributed by atoms with van der Waals surface area (Å²) in [4.78, 5) is 5.03. The molecule has 0 aromatic carbocycles. The van der Waals surface area contributed by atoms with E-state index in [9.17, 15) is 0 Å². The molecular weight excluding hydrogens is 546 g/mol. The third-order valence-corrected chi connectivity index (χ3v) is 9.40. The summed E-state index contributed by atoms with van der Waals surface area (Å²) in [6.45, 7) is 5.62. The first-order valence-electron chi connectivity index (χ1n) is 13.0. The molecular formula is C30H30Li2N2O3S3. The van der Waals surface area contributed by atoms with Gasteiger partial charge in [-0.3, -0.25) is 22.7 Å². The van der Waals surface area contributed by atoms with E-state index in [1.807, 2.05) is 22.1 Å². The van der Waals surface area contributed by atoms with Crippen molar-refractivity contribution in [1.29, 1.82) is 0 Å². The first kappa shape index (κ1) is 31.7. The number of hydrogen-bond acceptors (Lipinski definition) is 6. The Morgan fingerprint density at radius 2 is 0.925 bits per heavy atom. The van der Waals surface area contributed by atoms with Crippen molar-refractivity contribution in [3.63, 3.8) is 0 Å². The molecule has 10 heteroatoms. The van der Waals surface area contributed by atoms with Crippen LogP contribution in [0.5, 0.6) is 0 Å². The fourth-order valence-electron chi connectivity index (χ4n) is 4.83. The van der Waals surface area contributed by atoms with Crippen LogP contribution in [0.25, 0.3) is 42.3 Å². The Kier molecular flexibility index (Phi) is 12.5. The second-order valence-electron chi connectivity index (χ2n) is 9.04. The van der Waals surface area contributed by atoms with Crippen LogP contribution in [0.2, 0.25) is 0 Å². The monoisotopic (exact) mass is 576 g/mol. The van der Waals surface area contributed by atoms with Crippen LogP contribution in [0.3, 0.4) is 0 Å². The van der Waals surface area contributed by atoms with Crippen molar-refractivity contribution in [2.24, 2.45) is 0 Å². The molecule has 198 valence electrons. The molecule has 0 radical (unpaired) electrons. The summed E-state index contributed by atoms with van der Waals surface area (Å²) in [6.07, 6.45) is 1.88. The minimum absolute atomic E-state index is 0. The predicted molar refractivity (Wildman–Crippen MR) is 157 cm³/mol. The van der Waals surface area contributed by atoms with E-state index >= 15 is 0 Å². The Bertz CT molecular complexity index is 1320. The third kappa shape index (κ3) is 7.38. The minimum Gasteiger partial charge on any atom is -0.379 e. The molecule has 5 aromatic heterocycles. The summed E-state index contributed by atoms with van der Waals surface area (Å²) >= 11 is 5.33. The van der Waals surface area contributed by atoms with Gasteiger partial charge in [-0.15, -0.1) is 31.9 Å². The van der Waals surface area contributed by atoms with E-state index in [0.717, 1.165) is 25.9 Å².